The fourth-order valence-corrected chi connectivity index (χ4v) is 1.60. The summed E-state index contributed by atoms with van der Waals surface area (Å²) in [6.45, 7) is 5.53. The van der Waals surface area contributed by atoms with Crippen molar-refractivity contribution in [3.8, 4) is 0 Å². The van der Waals surface area contributed by atoms with Crippen molar-refractivity contribution in [2.45, 2.75) is 0 Å². The molecule has 1 aromatic heterocycles. The lowest BCUT2D eigenvalue weighted by Crippen LogP contribution is -2.46. The summed E-state index contributed by atoms with van der Waals surface area (Å²) in [5.74, 6) is -0.204. The molecule has 1 saturated heterocycles. The van der Waals surface area contributed by atoms with Crippen LogP contribution in [0.5, 0.6) is 0 Å². The predicted octanol–water partition coefficient (Wildman–Crippen LogP) is -2.17. The number of tetrazole rings is 1. The number of hydrogen-bond donors (Lipinski definition) is 3. The van der Waals surface area contributed by atoms with Crippen LogP contribution in [0.4, 0.5) is 0 Å². The van der Waals surface area contributed by atoms with Crippen LogP contribution in [0.15, 0.2) is 0 Å². The summed E-state index contributed by atoms with van der Waals surface area (Å²) in [5, 5.41) is 18.8. The van der Waals surface area contributed by atoms with E-state index < -0.39 is 0 Å². The van der Waals surface area contributed by atoms with Gasteiger partial charge in [0.2, 0.25) is 0 Å². The van der Waals surface area contributed by atoms with Gasteiger partial charge in [-0.1, -0.05) is 0 Å². The summed E-state index contributed by atoms with van der Waals surface area (Å²) in [5.41, 5.74) is 0. The van der Waals surface area contributed by atoms with Gasteiger partial charge >= 0.3 is 0 Å². The van der Waals surface area contributed by atoms with E-state index in [0.717, 1.165) is 32.7 Å². The molecule has 8 nitrogen and oxygen atoms in total. The number of hydrogen-bond acceptors (Lipinski definition) is 6. The molecule has 88 valence electrons. The van der Waals surface area contributed by atoms with Crippen LogP contribution >= 0.6 is 0 Å². The van der Waals surface area contributed by atoms with E-state index in [4.69, 9.17) is 0 Å². The molecule has 1 aliphatic heterocycles. The number of carbonyl (C=O) groups is 1. The van der Waals surface area contributed by atoms with E-state index >= 15 is 0 Å². The Balaban J connectivity index is 1.66. The molecule has 2 rings (SSSR count). The fourth-order valence-electron chi connectivity index (χ4n) is 1.60. The summed E-state index contributed by atoms with van der Waals surface area (Å²) >= 11 is 0. The molecule has 2 heterocycles. The van der Waals surface area contributed by atoms with Crippen LogP contribution in [0.2, 0.25) is 0 Å². The normalized spacial score (nSPS) is 17.2. The van der Waals surface area contributed by atoms with Crippen molar-refractivity contribution in [1.82, 2.24) is 36.2 Å². The molecule has 0 radical (unpaired) electrons. The zero-order valence-electron chi connectivity index (χ0n) is 8.94. The molecular formula is C8H15N7O. The van der Waals surface area contributed by atoms with Gasteiger partial charge in [0.15, 0.2) is 0 Å². The highest BCUT2D eigenvalue weighted by atomic mass is 16.2. The summed E-state index contributed by atoms with van der Waals surface area (Å²) in [6.07, 6.45) is 0. The number of aromatic amines is 1. The first kappa shape index (κ1) is 11.0. The minimum Gasteiger partial charge on any atom is -0.348 e. The zero-order valence-corrected chi connectivity index (χ0v) is 8.94. The molecule has 1 aliphatic rings. The lowest BCUT2D eigenvalue weighted by atomic mass is 10.3. The quantitative estimate of drug-likeness (QED) is 0.539. The number of H-pyrrole nitrogens is 1. The third-order valence-corrected chi connectivity index (χ3v) is 2.47. The molecule has 0 atom stereocenters. The molecule has 0 aliphatic carbocycles. The summed E-state index contributed by atoms with van der Waals surface area (Å²) in [4.78, 5) is 13.7. The highest BCUT2D eigenvalue weighted by Gasteiger charge is 2.12. The molecule has 3 N–H and O–H groups in total. The largest absolute Gasteiger partial charge is 0.348 e. The highest BCUT2D eigenvalue weighted by Crippen LogP contribution is 1.90. The Hall–Kier alpha value is -1.54. The van der Waals surface area contributed by atoms with Gasteiger partial charge in [-0.3, -0.25) is 9.69 Å². The number of rotatable bonds is 4. The van der Waals surface area contributed by atoms with E-state index in [9.17, 15) is 4.79 Å². The van der Waals surface area contributed by atoms with Gasteiger partial charge in [0, 0.05) is 39.3 Å². The Morgan fingerprint density at radius 2 is 2.25 bits per heavy atom. The number of carbonyl (C=O) groups excluding carboxylic acids is 1. The first-order valence-corrected chi connectivity index (χ1v) is 5.31. The Morgan fingerprint density at radius 3 is 2.94 bits per heavy atom. The van der Waals surface area contributed by atoms with Gasteiger partial charge in [0.05, 0.1) is 0 Å². The van der Waals surface area contributed by atoms with Gasteiger partial charge in [0.1, 0.15) is 0 Å². The second-order valence-corrected chi connectivity index (χ2v) is 3.58. The van der Waals surface area contributed by atoms with Crippen LogP contribution in [0.1, 0.15) is 10.6 Å². The molecule has 0 spiro atoms. The molecule has 0 unspecified atom stereocenters. The van der Waals surface area contributed by atoms with E-state index in [1.807, 2.05) is 0 Å². The molecule has 1 amide bonds. The van der Waals surface area contributed by atoms with Gasteiger partial charge in [-0.05, 0) is 5.21 Å². The standard InChI is InChI=1S/C8H15N7O/c16-8(7-11-13-14-12-7)10-3-6-15-4-1-9-2-5-15/h9H,1-6H2,(H,10,16)(H,11,12,13,14). The van der Waals surface area contributed by atoms with Crippen LogP contribution in [-0.2, 0) is 0 Å². The number of amides is 1. The summed E-state index contributed by atoms with van der Waals surface area (Å²) < 4.78 is 0. The Morgan fingerprint density at radius 1 is 1.44 bits per heavy atom. The maximum absolute atomic E-state index is 11.4. The van der Waals surface area contributed by atoms with Gasteiger partial charge in [0.25, 0.3) is 11.7 Å². The number of piperazine rings is 1. The van der Waals surface area contributed by atoms with Crippen LogP contribution in [-0.4, -0.2) is 70.7 Å². The van der Waals surface area contributed by atoms with Crippen molar-refractivity contribution >= 4 is 5.91 Å². The van der Waals surface area contributed by atoms with Crippen molar-refractivity contribution in [3.63, 3.8) is 0 Å². The third kappa shape index (κ3) is 2.97. The van der Waals surface area contributed by atoms with Crippen LogP contribution in [0.3, 0.4) is 0 Å². The molecular weight excluding hydrogens is 210 g/mol. The average Bonchev–Trinajstić information content (AvgIpc) is 2.84. The minimum absolute atomic E-state index is 0.0836. The smallest absolute Gasteiger partial charge is 0.292 e. The van der Waals surface area contributed by atoms with Crippen molar-refractivity contribution in [1.29, 1.82) is 0 Å². The maximum Gasteiger partial charge on any atom is 0.292 e. The Kier molecular flexibility index (Phi) is 3.78. The Labute approximate surface area is 92.8 Å². The molecule has 8 heteroatoms. The molecule has 0 aromatic carbocycles. The van der Waals surface area contributed by atoms with Crippen molar-refractivity contribution < 1.29 is 4.79 Å². The van der Waals surface area contributed by atoms with Crippen molar-refractivity contribution in [3.05, 3.63) is 5.82 Å². The molecule has 0 bridgehead atoms. The van der Waals surface area contributed by atoms with Gasteiger partial charge in [-0.25, -0.2) is 0 Å². The summed E-state index contributed by atoms with van der Waals surface area (Å²) in [7, 11) is 0. The predicted molar refractivity (Wildman–Crippen MR) is 55.8 cm³/mol. The zero-order chi connectivity index (χ0) is 11.2. The third-order valence-electron chi connectivity index (χ3n) is 2.47. The second-order valence-electron chi connectivity index (χ2n) is 3.58. The van der Waals surface area contributed by atoms with Gasteiger partial charge in [-0.15, -0.1) is 10.2 Å². The fraction of sp³-hybridized carbons (Fsp3) is 0.750. The molecule has 0 saturated carbocycles. The van der Waals surface area contributed by atoms with Crippen molar-refractivity contribution in [2.75, 3.05) is 39.3 Å². The number of nitrogens with one attached hydrogen (secondary N) is 3. The maximum atomic E-state index is 11.4. The van der Waals surface area contributed by atoms with Gasteiger partial charge < -0.3 is 10.6 Å². The van der Waals surface area contributed by atoms with E-state index in [-0.39, 0.29) is 11.7 Å². The van der Waals surface area contributed by atoms with Crippen molar-refractivity contribution in [2.24, 2.45) is 0 Å². The summed E-state index contributed by atoms with van der Waals surface area (Å²) in [6, 6.07) is 0. The van der Waals surface area contributed by atoms with Crippen LogP contribution in [0, 0.1) is 0 Å². The lowest BCUT2D eigenvalue weighted by molar-refractivity contribution is 0.0937. The monoisotopic (exact) mass is 225 g/mol. The van der Waals surface area contributed by atoms with E-state index in [1.165, 1.54) is 0 Å². The van der Waals surface area contributed by atoms with E-state index in [2.05, 4.69) is 36.2 Å². The van der Waals surface area contributed by atoms with E-state index in [1.54, 1.807) is 0 Å². The second kappa shape index (κ2) is 5.52. The number of nitrogens with zero attached hydrogens (tertiary/aromatic N) is 4. The van der Waals surface area contributed by atoms with Crippen LogP contribution < -0.4 is 10.6 Å². The van der Waals surface area contributed by atoms with Crippen LogP contribution in [0.25, 0.3) is 0 Å². The SMILES string of the molecule is O=C(NCCN1CCNCC1)c1nn[nH]n1. The molecule has 16 heavy (non-hydrogen) atoms. The topological polar surface area (TPSA) is 98.8 Å². The molecule has 1 fully saturated rings. The number of aromatic nitrogens is 4. The first-order valence-electron chi connectivity index (χ1n) is 5.31. The Bertz CT molecular complexity index is 319. The minimum atomic E-state index is -0.288. The molecule has 1 aromatic rings. The highest BCUT2D eigenvalue weighted by molar-refractivity contribution is 5.89. The lowest BCUT2D eigenvalue weighted by Gasteiger charge is -2.26. The van der Waals surface area contributed by atoms with Gasteiger partial charge in [-0.2, -0.15) is 5.21 Å². The first-order chi connectivity index (χ1) is 7.86. The average molecular weight is 225 g/mol. The van der Waals surface area contributed by atoms with E-state index in [0.29, 0.717) is 6.54 Å².